The summed E-state index contributed by atoms with van der Waals surface area (Å²) in [4.78, 5) is 13.6. The van der Waals surface area contributed by atoms with Gasteiger partial charge in [-0.25, -0.2) is 0 Å². The van der Waals surface area contributed by atoms with E-state index in [0.29, 0.717) is 25.5 Å². The van der Waals surface area contributed by atoms with Crippen LogP contribution in [0.4, 0.5) is 0 Å². The van der Waals surface area contributed by atoms with E-state index in [2.05, 4.69) is 5.32 Å². The SMILES string of the molecule is O=C(CCC1CNC1)N1CCOCC1. The molecule has 0 saturated carbocycles. The molecule has 2 saturated heterocycles. The normalized spacial score (nSPS) is 23.3. The van der Waals surface area contributed by atoms with Gasteiger partial charge in [-0.1, -0.05) is 0 Å². The van der Waals surface area contributed by atoms with Gasteiger partial charge in [-0.2, -0.15) is 0 Å². The molecule has 2 fully saturated rings. The Balaban J connectivity index is 1.65. The summed E-state index contributed by atoms with van der Waals surface area (Å²) in [5.41, 5.74) is 0. The van der Waals surface area contributed by atoms with E-state index in [0.717, 1.165) is 38.5 Å². The zero-order chi connectivity index (χ0) is 9.80. The van der Waals surface area contributed by atoms with E-state index in [1.807, 2.05) is 4.90 Å². The van der Waals surface area contributed by atoms with Gasteiger partial charge in [0.15, 0.2) is 0 Å². The van der Waals surface area contributed by atoms with Crippen molar-refractivity contribution >= 4 is 5.91 Å². The fourth-order valence-corrected chi connectivity index (χ4v) is 1.85. The Morgan fingerprint density at radius 1 is 1.36 bits per heavy atom. The van der Waals surface area contributed by atoms with E-state index in [1.54, 1.807) is 0 Å². The van der Waals surface area contributed by atoms with Crippen LogP contribution in [0.15, 0.2) is 0 Å². The van der Waals surface area contributed by atoms with Gasteiger partial charge in [0.2, 0.25) is 5.91 Å². The maximum absolute atomic E-state index is 11.7. The summed E-state index contributed by atoms with van der Waals surface area (Å²) in [6.07, 6.45) is 1.76. The second-order valence-electron chi connectivity index (χ2n) is 4.06. The maximum atomic E-state index is 11.7. The van der Waals surface area contributed by atoms with Crippen molar-refractivity contribution in [3.63, 3.8) is 0 Å². The second kappa shape index (κ2) is 4.75. The third-order valence-corrected chi connectivity index (χ3v) is 3.00. The van der Waals surface area contributed by atoms with Crippen molar-refractivity contribution in [3.05, 3.63) is 0 Å². The van der Waals surface area contributed by atoms with Gasteiger partial charge in [0, 0.05) is 19.5 Å². The quantitative estimate of drug-likeness (QED) is 0.685. The molecule has 2 rings (SSSR count). The van der Waals surface area contributed by atoms with Crippen molar-refractivity contribution in [1.82, 2.24) is 10.2 Å². The van der Waals surface area contributed by atoms with Crippen molar-refractivity contribution in [1.29, 1.82) is 0 Å². The zero-order valence-electron chi connectivity index (χ0n) is 8.50. The Labute approximate surface area is 84.6 Å². The highest BCUT2D eigenvalue weighted by atomic mass is 16.5. The number of hydrogen-bond acceptors (Lipinski definition) is 3. The van der Waals surface area contributed by atoms with Crippen molar-refractivity contribution in [2.45, 2.75) is 12.8 Å². The summed E-state index contributed by atoms with van der Waals surface area (Å²) < 4.78 is 5.20. The highest BCUT2D eigenvalue weighted by molar-refractivity contribution is 5.76. The zero-order valence-corrected chi connectivity index (χ0v) is 8.50. The number of morpholine rings is 1. The average molecular weight is 198 g/mol. The molecule has 0 aromatic carbocycles. The summed E-state index contributed by atoms with van der Waals surface area (Å²) in [7, 11) is 0. The smallest absolute Gasteiger partial charge is 0.222 e. The standard InChI is InChI=1S/C10H18N2O2/c13-10(2-1-9-7-11-8-9)12-3-5-14-6-4-12/h9,11H,1-8H2. The molecular weight excluding hydrogens is 180 g/mol. The Morgan fingerprint density at radius 3 is 2.64 bits per heavy atom. The lowest BCUT2D eigenvalue weighted by atomic mass is 9.97. The first kappa shape index (κ1) is 9.93. The molecule has 4 nitrogen and oxygen atoms in total. The lowest BCUT2D eigenvalue weighted by Crippen LogP contribution is -2.44. The molecule has 80 valence electrons. The third kappa shape index (κ3) is 2.45. The van der Waals surface area contributed by atoms with E-state index in [-0.39, 0.29) is 0 Å². The summed E-state index contributed by atoms with van der Waals surface area (Å²) in [6.45, 7) is 5.16. The molecule has 4 heteroatoms. The molecule has 0 atom stereocenters. The average Bonchev–Trinajstić information content (AvgIpc) is 2.16. The van der Waals surface area contributed by atoms with Crippen LogP contribution in [0, 0.1) is 5.92 Å². The molecule has 0 unspecified atom stereocenters. The van der Waals surface area contributed by atoms with Gasteiger partial charge in [0.25, 0.3) is 0 Å². The predicted molar refractivity (Wildman–Crippen MR) is 53.0 cm³/mol. The molecule has 2 aliphatic rings. The first-order valence-corrected chi connectivity index (χ1v) is 5.42. The summed E-state index contributed by atoms with van der Waals surface area (Å²) in [6, 6.07) is 0. The molecule has 2 aliphatic heterocycles. The number of carbonyl (C=O) groups excluding carboxylic acids is 1. The van der Waals surface area contributed by atoms with Crippen LogP contribution >= 0.6 is 0 Å². The van der Waals surface area contributed by atoms with Crippen molar-refractivity contribution < 1.29 is 9.53 Å². The number of amides is 1. The van der Waals surface area contributed by atoms with Crippen LogP contribution in [0.25, 0.3) is 0 Å². The van der Waals surface area contributed by atoms with Gasteiger partial charge in [0.1, 0.15) is 0 Å². The van der Waals surface area contributed by atoms with Crippen LogP contribution in [0.1, 0.15) is 12.8 Å². The Bertz CT molecular complexity index is 198. The minimum Gasteiger partial charge on any atom is -0.378 e. The third-order valence-electron chi connectivity index (χ3n) is 3.00. The van der Waals surface area contributed by atoms with Crippen LogP contribution in [0.5, 0.6) is 0 Å². The van der Waals surface area contributed by atoms with Crippen molar-refractivity contribution in [3.8, 4) is 0 Å². The van der Waals surface area contributed by atoms with E-state index >= 15 is 0 Å². The van der Waals surface area contributed by atoms with Crippen LogP contribution < -0.4 is 5.32 Å². The number of rotatable bonds is 3. The molecule has 0 radical (unpaired) electrons. The number of nitrogens with one attached hydrogen (secondary N) is 1. The van der Waals surface area contributed by atoms with E-state index < -0.39 is 0 Å². The topological polar surface area (TPSA) is 41.6 Å². The number of nitrogens with zero attached hydrogens (tertiary/aromatic N) is 1. The fourth-order valence-electron chi connectivity index (χ4n) is 1.85. The number of carbonyl (C=O) groups is 1. The maximum Gasteiger partial charge on any atom is 0.222 e. The van der Waals surface area contributed by atoms with E-state index in [9.17, 15) is 4.79 Å². The molecule has 0 aliphatic carbocycles. The largest absolute Gasteiger partial charge is 0.378 e. The predicted octanol–water partition coefficient (Wildman–Crippen LogP) is -0.155. The van der Waals surface area contributed by atoms with Crippen LogP contribution in [0.3, 0.4) is 0 Å². The first-order valence-electron chi connectivity index (χ1n) is 5.42. The van der Waals surface area contributed by atoms with Crippen LogP contribution in [-0.4, -0.2) is 50.2 Å². The van der Waals surface area contributed by atoms with Gasteiger partial charge in [-0.05, 0) is 25.4 Å². The molecular formula is C10H18N2O2. The first-order chi connectivity index (χ1) is 6.86. The molecule has 2 heterocycles. The minimum absolute atomic E-state index is 0.306. The Morgan fingerprint density at radius 2 is 2.07 bits per heavy atom. The van der Waals surface area contributed by atoms with Crippen LogP contribution in [-0.2, 0) is 9.53 Å². The minimum atomic E-state index is 0.306. The highest BCUT2D eigenvalue weighted by Crippen LogP contribution is 2.12. The molecule has 0 bridgehead atoms. The number of hydrogen-bond donors (Lipinski definition) is 1. The molecule has 0 spiro atoms. The summed E-state index contributed by atoms with van der Waals surface area (Å²) in [5.74, 6) is 1.04. The number of ether oxygens (including phenoxy) is 1. The highest BCUT2D eigenvalue weighted by Gasteiger charge is 2.21. The van der Waals surface area contributed by atoms with Crippen LogP contribution in [0.2, 0.25) is 0 Å². The lowest BCUT2D eigenvalue weighted by molar-refractivity contribution is -0.135. The van der Waals surface area contributed by atoms with Gasteiger partial charge in [-0.3, -0.25) is 4.79 Å². The monoisotopic (exact) mass is 198 g/mol. The van der Waals surface area contributed by atoms with Gasteiger partial charge in [-0.15, -0.1) is 0 Å². The van der Waals surface area contributed by atoms with Crippen molar-refractivity contribution in [2.75, 3.05) is 39.4 Å². The van der Waals surface area contributed by atoms with E-state index in [4.69, 9.17) is 4.74 Å². The molecule has 14 heavy (non-hydrogen) atoms. The van der Waals surface area contributed by atoms with Crippen molar-refractivity contribution in [2.24, 2.45) is 5.92 Å². The second-order valence-corrected chi connectivity index (χ2v) is 4.06. The van der Waals surface area contributed by atoms with Gasteiger partial charge < -0.3 is 15.0 Å². The Kier molecular flexibility index (Phi) is 3.37. The summed E-state index contributed by atoms with van der Waals surface area (Å²) in [5, 5.41) is 3.22. The van der Waals surface area contributed by atoms with Gasteiger partial charge in [0.05, 0.1) is 13.2 Å². The molecule has 0 aromatic rings. The molecule has 1 amide bonds. The summed E-state index contributed by atoms with van der Waals surface area (Å²) >= 11 is 0. The lowest BCUT2D eigenvalue weighted by Gasteiger charge is -2.30. The Hall–Kier alpha value is -0.610. The van der Waals surface area contributed by atoms with E-state index in [1.165, 1.54) is 0 Å². The fraction of sp³-hybridized carbons (Fsp3) is 0.900. The van der Waals surface area contributed by atoms with Gasteiger partial charge >= 0.3 is 0 Å². The molecule has 0 aromatic heterocycles. The molecule has 1 N–H and O–H groups in total.